The SMILES string of the molecule is CN(C)C(=O)COc1cccc(C(=O)N2CCN(c3ccccc3Cl)CC2)c1. The lowest BCUT2D eigenvalue weighted by molar-refractivity contribution is -0.130. The first kappa shape index (κ1) is 20.0. The van der Waals surface area contributed by atoms with Gasteiger partial charge in [-0.1, -0.05) is 29.8 Å². The predicted octanol–water partition coefficient (Wildman–Crippen LogP) is 2.77. The van der Waals surface area contributed by atoms with Crippen molar-refractivity contribution in [1.29, 1.82) is 0 Å². The van der Waals surface area contributed by atoms with Gasteiger partial charge in [-0.2, -0.15) is 0 Å². The van der Waals surface area contributed by atoms with Crippen LogP contribution in [0.25, 0.3) is 0 Å². The summed E-state index contributed by atoms with van der Waals surface area (Å²) in [5.41, 5.74) is 1.55. The van der Waals surface area contributed by atoms with Gasteiger partial charge in [0.15, 0.2) is 6.61 Å². The average Bonchev–Trinajstić information content (AvgIpc) is 2.72. The molecule has 1 fully saturated rings. The normalized spacial score (nSPS) is 14.0. The van der Waals surface area contributed by atoms with Gasteiger partial charge >= 0.3 is 0 Å². The molecule has 1 aliphatic rings. The minimum absolute atomic E-state index is 0.0387. The van der Waals surface area contributed by atoms with Crippen LogP contribution in [-0.2, 0) is 4.79 Å². The molecule has 0 N–H and O–H groups in total. The Labute approximate surface area is 170 Å². The third-order valence-electron chi connectivity index (χ3n) is 4.70. The van der Waals surface area contributed by atoms with E-state index in [0.717, 1.165) is 23.8 Å². The lowest BCUT2D eigenvalue weighted by Gasteiger charge is -2.36. The van der Waals surface area contributed by atoms with E-state index in [-0.39, 0.29) is 18.4 Å². The third kappa shape index (κ3) is 4.75. The summed E-state index contributed by atoms with van der Waals surface area (Å²) in [7, 11) is 3.35. The van der Waals surface area contributed by atoms with Gasteiger partial charge < -0.3 is 19.4 Å². The molecule has 0 spiro atoms. The van der Waals surface area contributed by atoms with Gasteiger partial charge in [-0.05, 0) is 30.3 Å². The number of halogens is 1. The summed E-state index contributed by atoms with van der Waals surface area (Å²) in [6.45, 7) is 2.63. The van der Waals surface area contributed by atoms with Crippen LogP contribution in [0.4, 0.5) is 5.69 Å². The second-order valence-electron chi connectivity index (χ2n) is 6.84. The maximum Gasteiger partial charge on any atom is 0.259 e. The first-order valence-electron chi connectivity index (χ1n) is 9.17. The van der Waals surface area contributed by atoms with Crippen molar-refractivity contribution in [1.82, 2.24) is 9.80 Å². The predicted molar refractivity (Wildman–Crippen MR) is 110 cm³/mol. The van der Waals surface area contributed by atoms with Crippen LogP contribution in [0.5, 0.6) is 5.75 Å². The van der Waals surface area contributed by atoms with E-state index in [4.69, 9.17) is 16.3 Å². The molecule has 0 aliphatic carbocycles. The van der Waals surface area contributed by atoms with Crippen molar-refractivity contribution in [2.75, 3.05) is 51.8 Å². The molecular weight excluding hydrogens is 378 g/mol. The van der Waals surface area contributed by atoms with Crippen molar-refractivity contribution >= 4 is 29.1 Å². The molecule has 2 aromatic carbocycles. The molecule has 0 aromatic heterocycles. The second-order valence-corrected chi connectivity index (χ2v) is 7.24. The number of piperazine rings is 1. The molecular formula is C21H24ClN3O3. The van der Waals surface area contributed by atoms with E-state index in [9.17, 15) is 9.59 Å². The highest BCUT2D eigenvalue weighted by molar-refractivity contribution is 6.33. The van der Waals surface area contributed by atoms with Crippen LogP contribution in [0.3, 0.4) is 0 Å². The summed E-state index contributed by atoms with van der Waals surface area (Å²) < 4.78 is 5.51. The summed E-state index contributed by atoms with van der Waals surface area (Å²) in [6.07, 6.45) is 0. The highest BCUT2D eigenvalue weighted by Gasteiger charge is 2.23. The quantitative estimate of drug-likeness (QED) is 0.773. The average molecular weight is 402 g/mol. The number of likely N-dealkylation sites (N-methyl/N-ethyl adjacent to an activating group) is 1. The fourth-order valence-electron chi connectivity index (χ4n) is 3.03. The maximum absolute atomic E-state index is 12.9. The molecule has 7 heteroatoms. The Morgan fingerprint density at radius 2 is 1.75 bits per heavy atom. The van der Waals surface area contributed by atoms with Crippen molar-refractivity contribution in [3.05, 3.63) is 59.1 Å². The summed E-state index contributed by atoms with van der Waals surface area (Å²) >= 11 is 6.28. The van der Waals surface area contributed by atoms with Crippen molar-refractivity contribution in [2.45, 2.75) is 0 Å². The smallest absolute Gasteiger partial charge is 0.259 e. The van der Waals surface area contributed by atoms with E-state index >= 15 is 0 Å². The number of anilines is 1. The standard InChI is InChI=1S/C21H24ClN3O3/c1-23(2)20(26)15-28-17-7-5-6-16(14-17)21(27)25-12-10-24(11-13-25)19-9-4-3-8-18(19)22/h3-9,14H,10-13,15H2,1-2H3. The molecule has 28 heavy (non-hydrogen) atoms. The third-order valence-corrected chi connectivity index (χ3v) is 5.02. The molecule has 0 unspecified atom stereocenters. The van der Waals surface area contributed by atoms with E-state index in [2.05, 4.69) is 4.90 Å². The van der Waals surface area contributed by atoms with Crippen LogP contribution < -0.4 is 9.64 Å². The Kier molecular flexibility index (Phi) is 6.41. The number of carbonyl (C=O) groups excluding carboxylic acids is 2. The van der Waals surface area contributed by atoms with E-state index in [1.807, 2.05) is 29.2 Å². The number of amides is 2. The van der Waals surface area contributed by atoms with Gasteiger partial charge in [0.25, 0.3) is 11.8 Å². The Morgan fingerprint density at radius 1 is 1.04 bits per heavy atom. The fraction of sp³-hybridized carbons (Fsp3) is 0.333. The Bertz CT molecular complexity index is 848. The van der Waals surface area contributed by atoms with E-state index in [1.54, 1.807) is 38.4 Å². The van der Waals surface area contributed by atoms with Gasteiger partial charge in [0.05, 0.1) is 10.7 Å². The molecule has 0 saturated carbocycles. The molecule has 0 radical (unpaired) electrons. The van der Waals surface area contributed by atoms with E-state index < -0.39 is 0 Å². The van der Waals surface area contributed by atoms with Gasteiger partial charge in [0, 0.05) is 45.8 Å². The number of ether oxygens (including phenoxy) is 1. The molecule has 1 heterocycles. The van der Waals surface area contributed by atoms with Crippen LogP contribution in [0.1, 0.15) is 10.4 Å². The topological polar surface area (TPSA) is 53.1 Å². The number of para-hydroxylation sites is 1. The zero-order valence-electron chi connectivity index (χ0n) is 16.1. The van der Waals surface area contributed by atoms with Gasteiger partial charge in [0.1, 0.15) is 5.75 Å². The van der Waals surface area contributed by atoms with Crippen molar-refractivity contribution < 1.29 is 14.3 Å². The number of carbonyl (C=O) groups is 2. The summed E-state index contributed by atoms with van der Waals surface area (Å²) in [5, 5.41) is 0.722. The lowest BCUT2D eigenvalue weighted by Crippen LogP contribution is -2.48. The number of benzene rings is 2. The van der Waals surface area contributed by atoms with Gasteiger partial charge in [-0.3, -0.25) is 9.59 Å². The van der Waals surface area contributed by atoms with Crippen LogP contribution in [0.2, 0.25) is 5.02 Å². The molecule has 2 amide bonds. The van der Waals surface area contributed by atoms with Crippen molar-refractivity contribution in [3.63, 3.8) is 0 Å². The number of rotatable bonds is 5. The second kappa shape index (κ2) is 8.97. The molecule has 3 rings (SSSR count). The monoisotopic (exact) mass is 401 g/mol. The van der Waals surface area contributed by atoms with Gasteiger partial charge in [-0.25, -0.2) is 0 Å². The van der Waals surface area contributed by atoms with Crippen LogP contribution in [0, 0.1) is 0 Å². The van der Waals surface area contributed by atoms with Crippen LogP contribution in [-0.4, -0.2) is 68.5 Å². The molecule has 0 atom stereocenters. The molecule has 1 aliphatic heterocycles. The van der Waals surface area contributed by atoms with Crippen LogP contribution >= 0.6 is 11.6 Å². The van der Waals surface area contributed by atoms with Crippen molar-refractivity contribution in [2.24, 2.45) is 0 Å². The first-order chi connectivity index (χ1) is 13.5. The number of nitrogens with zero attached hydrogens (tertiary/aromatic N) is 3. The minimum Gasteiger partial charge on any atom is -0.484 e. The van der Waals surface area contributed by atoms with Gasteiger partial charge in [0.2, 0.25) is 0 Å². The molecule has 6 nitrogen and oxygen atoms in total. The molecule has 1 saturated heterocycles. The Morgan fingerprint density at radius 3 is 2.43 bits per heavy atom. The Balaban J connectivity index is 1.60. The van der Waals surface area contributed by atoms with E-state index in [0.29, 0.717) is 24.4 Å². The Hall–Kier alpha value is -2.73. The lowest BCUT2D eigenvalue weighted by atomic mass is 10.1. The highest BCUT2D eigenvalue weighted by atomic mass is 35.5. The summed E-state index contributed by atoms with van der Waals surface area (Å²) in [4.78, 5) is 30.0. The zero-order valence-corrected chi connectivity index (χ0v) is 16.9. The number of hydrogen-bond donors (Lipinski definition) is 0. The fourth-order valence-corrected chi connectivity index (χ4v) is 3.29. The zero-order chi connectivity index (χ0) is 20.1. The molecule has 0 bridgehead atoms. The van der Waals surface area contributed by atoms with E-state index in [1.165, 1.54) is 4.90 Å². The van der Waals surface area contributed by atoms with Gasteiger partial charge in [-0.15, -0.1) is 0 Å². The minimum atomic E-state index is -0.132. The maximum atomic E-state index is 12.9. The highest BCUT2D eigenvalue weighted by Crippen LogP contribution is 2.26. The number of hydrogen-bond acceptors (Lipinski definition) is 4. The largest absolute Gasteiger partial charge is 0.484 e. The first-order valence-corrected chi connectivity index (χ1v) is 9.55. The molecule has 148 valence electrons. The van der Waals surface area contributed by atoms with Crippen LogP contribution in [0.15, 0.2) is 48.5 Å². The summed E-state index contributed by atoms with van der Waals surface area (Å²) in [5.74, 6) is 0.339. The van der Waals surface area contributed by atoms with Crippen molar-refractivity contribution in [3.8, 4) is 5.75 Å². The molecule has 2 aromatic rings. The summed E-state index contributed by atoms with van der Waals surface area (Å²) in [6, 6.07) is 14.7.